The Morgan fingerprint density at radius 1 is 1.25 bits per heavy atom. The van der Waals surface area contributed by atoms with Gasteiger partial charge in [0, 0.05) is 28.5 Å². The number of hydrogen-bond donors (Lipinski definition) is 0. The molecule has 2 aliphatic heterocycles. The topological polar surface area (TPSA) is 38.8 Å². The number of amides is 1. The molecule has 0 bridgehead atoms. The van der Waals surface area contributed by atoms with Gasteiger partial charge in [0.05, 0.1) is 25.4 Å². The van der Waals surface area contributed by atoms with Crippen molar-refractivity contribution in [2.75, 3.05) is 26.4 Å². The van der Waals surface area contributed by atoms with Gasteiger partial charge in [-0.25, -0.2) is 0 Å². The summed E-state index contributed by atoms with van der Waals surface area (Å²) in [6.07, 6.45) is 5.22. The van der Waals surface area contributed by atoms with Gasteiger partial charge >= 0.3 is 0 Å². The molecule has 5 rings (SSSR count). The Morgan fingerprint density at radius 3 is 2.92 bits per heavy atom. The van der Waals surface area contributed by atoms with Crippen LogP contribution in [0.25, 0.3) is 0 Å². The summed E-state index contributed by atoms with van der Waals surface area (Å²) in [6, 6.07) is 5.81. The standard InChI is InChI=1S/C19H22ClNO3/c20-13-2-3-16-14(10-13)19(6-8-24-16)11-15(19)17(22)21-7-9-23-12-18(21)4-1-5-18/h2-3,10,15H,1,4-9,11-12H2/t15-,19-/m0/s1. The van der Waals surface area contributed by atoms with Crippen LogP contribution < -0.4 is 4.74 Å². The quantitative estimate of drug-likeness (QED) is 0.783. The molecule has 0 N–H and O–H groups in total. The first-order valence-electron chi connectivity index (χ1n) is 8.97. The smallest absolute Gasteiger partial charge is 0.227 e. The zero-order chi connectivity index (χ0) is 16.4. The van der Waals surface area contributed by atoms with Gasteiger partial charge in [-0.2, -0.15) is 0 Å². The number of rotatable bonds is 1. The van der Waals surface area contributed by atoms with E-state index in [-0.39, 0.29) is 16.9 Å². The number of fused-ring (bicyclic) bond motifs is 2. The maximum atomic E-state index is 13.3. The molecular formula is C19H22ClNO3. The lowest BCUT2D eigenvalue weighted by Gasteiger charge is -2.53. The van der Waals surface area contributed by atoms with Crippen LogP contribution in [-0.2, 0) is 14.9 Å². The van der Waals surface area contributed by atoms with Crippen LogP contribution in [0.15, 0.2) is 18.2 Å². The predicted octanol–water partition coefficient (Wildman–Crippen LogP) is 3.16. The molecule has 5 heteroatoms. The lowest BCUT2D eigenvalue weighted by Crippen LogP contribution is -2.63. The largest absolute Gasteiger partial charge is 0.493 e. The lowest BCUT2D eigenvalue weighted by atomic mass is 9.74. The van der Waals surface area contributed by atoms with E-state index in [1.807, 2.05) is 18.2 Å². The number of ether oxygens (including phenoxy) is 2. The first-order valence-corrected chi connectivity index (χ1v) is 9.35. The first-order chi connectivity index (χ1) is 11.6. The normalized spacial score (nSPS) is 32.9. The SMILES string of the molecule is O=C([C@@H]1C[C@]12CCOc1ccc(Cl)cc12)N1CCOCC12CCC2. The molecule has 0 unspecified atom stereocenters. The van der Waals surface area contributed by atoms with E-state index < -0.39 is 0 Å². The van der Waals surface area contributed by atoms with Gasteiger partial charge in [-0.1, -0.05) is 11.6 Å². The van der Waals surface area contributed by atoms with E-state index in [0.29, 0.717) is 25.7 Å². The first kappa shape index (κ1) is 15.0. The molecule has 1 aromatic carbocycles. The molecule has 4 nitrogen and oxygen atoms in total. The predicted molar refractivity (Wildman–Crippen MR) is 90.5 cm³/mol. The highest BCUT2D eigenvalue weighted by molar-refractivity contribution is 6.30. The minimum Gasteiger partial charge on any atom is -0.493 e. The summed E-state index contributed by atoms with van der Waals surface area (Å²) in [4.78, 5) is 15.5. The van der Waals surface area contributed by atoms with Crippen LogP contribution in [0.1, 0.15) is 37.7 Å². The molecule has 2 spiro atoms. The van der Waals surface area contributed by atoms with Gasteiger partial charge in [-0.05, 0) is 50.3 Å². The van der Waals surface area contributed by atoms with Crippen LogP contribution in [0.5, 0.6) is 5.75 Å². The van der Waals surface area contributed by atoms with Gasteiger partial charge in [-0.3, -0.25) is 4.79 Å². The van der Waals surface area contributed by atoms with Crippen LogP contribution in [0.4, 0.5) is 0 Å². The lowest BCUT2D eigenvalue weighted by molar-refractivity contribution is -0.160. The fourth-order valence-electron chi connectivity index (χ4n) is 4.96. The van der Waals surface area contributed by atoms with Gasteiger partial charge in [-0.15, -0.1) is 0 Å². The summed E-state index contributed by atoms with van der Waals surface area (Å²) < 4.78 is 11.5. The van der Waals surface area contributed by atoms with Crippen LogP contribution in [0.3, 0.4) is 0 Å². The molecule has 1 saturated heterocycles. The highest BCUT2D eigenvalue weighted by Gasteiger charge is 2.63. The zero-order valence-electron chi connectivity index (χ0n) is 13.7. The summed E-state index contributed by atoms with van der Waals surface area (Å²) in [5, 5.41) is 0.721. The molecule has 0 aromatic heterocycles. The Kier molecular flexibility index (Phi) is 3.21. The molecule has 3 fully saturated rings. The summed E-state index contributed by atoms with van der Waals surface area (Å²) >= 11 is 6.22. The van der Waals surface area contributed by atoms with E-state index in [1.54, 1.807) is 0 Å². The molecular weight excluding hydrogens is 326 g/mol. The maximum Gasteiger partial charge on any atom is 0.227 e. The molecule has 1 aromatic rings. The number of benzene rings is 1. The molecule has 2 aliphatic carbocycles. The van der Waals surface area contributed by atoms with E-state index in [9.17, 15) is 4.79 Å². The van der Waals surface area contributed by atoms with Crippen LogP contribution in [0, 0.1) is 5.92 Å². The summed E-state index contributed by atoms with van der Waals surface area (Å²) in [5.41, 5.74) is 1.07. The molecule has 2 heterocycles. The number of morpholine rings is 1. The molecule has 0 radical (unpaired) electrons. The minimum absolute atomic E-state index is 0.0125. The van der Waals surface area contributed by atoms with Crippen molar-refractivity contribution in [2.24, 2.45) is 5.92 Å². The van der Waals surface area contributed by atoms with Gasteiger partial charge in [0.1, 0.15) is 5.75 Å². The third-order valence-electron chi connectivity index (χ3n) is 6.61. The van der Waals surface area contributed by atoms with Crippen molar-refractivity contribution >= 4 is 17.5 Å². The van der Waals surface area contributed by atoms with Crippen LogP contribution in [0.2, 0.25) is 5.02 Å². The number of hydrogen-bond acceptors (Lipinski definition) is 3. The molecule has 24 heavy (non-hydrogen) atoms. The van der Waals surface area contributed by atoms with Gasteiger partial charge in [0.2, 0.25) is 5.91 Å². The van der Waals surface area contributed by atoms with Crippen molar-refractivity contribution in [3.8, 4) is 5.75 Å². The Balaban J connectivity index is 1.44. The Morgan fingerprint density at radius 2 is 2.12 bits per heavy atom. The van der Waals surface area contributed by atoms with E-state index in [1.165, 1.54) is 6.42 Å². The highest BCUT2D eigenvalue weighted by Crippen LogP contribution is 2.62. The van der Waals surface area contributed by atoms with Crippen LogP contribution >= 0.6 is 11.6 Å². The van der Waals surface area contributed by atoms with Crippen LogP contribution in [-0.4, -0.2) is 42.7 Å². The molecule has 2 atom stereocenters. The number of nitrogens with zero attached hydrogens (tertiary/aromatic N) is 1. The summed E-state index contributed by atoms with van der Waals surface area (Å²) in [5.74, 6) is 1.31. The third-order valence-corrected chi connectivity index (χ3v) is 6.85. The van der Waals surface area contributed by atoms with Gasteiger partial charge in [0.15, 0.2) is 0 Å². The molecule has 1 amide bonds. The summed E-state index contributed by atoms with van der Waals surface area (Å²) in [6.45, 7) is 2.81. The molecule has 4 aliphatic rings. The minimum atomic E-state index is -0.0567. The van der Waals surface area contributed by atoms with Crippen molar-refractivity contribution in [3.05, 3.63) is 28.8 Å². The Bertz CT molecular complexity index is 702. The monoisotopic (exact) mass is 347 g/mol. The molecule has 128 valence electrons. The highest BCUT2D eigenvalue weighted by atomic mass is 35.5. The average molecular weight is 348 g/mol. The van der Waals surface area contributed by atoms with Crippen molar-refractivity contribution in [3.63, 3.8) is 0 Å². The van der Waals surface area contributed by atoms with E-state index >= 15 is 0 Å². The maximum absolute atomic E-state index is 13.3. The van der Waals surface area contributed by atoms with Gasteiger partial charge in [0.25, 0.3) is 0 Å². The summed E-state index contributed by atoms with van der Waals surface area (Å²) in [7, 11) is 0. The fraction of sp³-hybridized carbons (Fsp3) is 0.632. The second-order valence-electron chi connectivity index (χ2n) is 7.77. The zero-order valence-corrected chi connectivity index (χ0v) is 14.5. The van der Waals surface area contributed by atoms with Crippen molar-refractivity contribution in [1.29, 1.82) is 0 Å². The van der Waals surface area contributed by atoms with Gasteiger partial charge < -0.3 is 14.4 Å². The Hall–Kier alpha value is -1.26. The second-order valence-corrected chi connectivity index (χ2v) is 8.21. The van der Waals surface area contributed by atoms with Crippen molar-refractivity contribution < 1.29 is 14.3 Å². The number of halogens is 1. The average Bonchev–Trinajstić information content (AvgIpc) is 3.28. The van der Waals surface area contributed by atoms with E-state index in [4.69, 9.17) is 21.1 Å². The van der Waals surface area contributed by atoms with E-state index in [0.717, 1.165) is 48.6 Å². The number of carbonyl (C=O) groups excluding carboxylic acids is 1. The van der Waals surface area contributed by atoms with E-state index in [2.05, 4.69) is 4.90 Å². The molecule has 2 saturated carbocycles. The third kappa shape index (κ3) is 1.99. The number of carbonyl (C=O) groups is 1. The fourth-order valence-corrected chi connectivity index (χ4v) is 5.13. The Labute approximate surface area is 147 Å². The van der Waals surface area contributed by atoms with Crippen molar-refractivity contribution in [1.82, 2.24) is 4.90 Å². The second kappa shape index (κ2) is 5.12. The van der Waals surface area contributed by atoms with Crippen molar-refractivity contribution in [2.45, 2.75) is 43.1 Å².